The summed E-state index contributed by atoms with van der Waals surface area (Å²) in [7, 11) is 0. The Morgan fingerprint density at radius 3 is 1.97 bits per heavy atom. The average Bonchev–Trinajstić information content (AvgIpc) is 3.28. The predicted molar refractivity (Wildman–Crippen MR) is 230 cm³/mol. The van der Waals surface area contributed by atoms with Gasteiger partial charge in [-0.25, -0.2) is 9.59 Å². The number of nitrogens with zero attached hydrogens (tertiary/aromatic N) is 2. The van der Waals surface area contributed by atoms with E-state index in [0.29, 0.717) is 43.0 Å². The molecule has 2 fully saturated rings. The molecule has 13 nitrogen and oxygen atoms in total. The maximum absolute atomic E-state index is 14.8. The number of piperidine rings is 1. The number of carboxylic acids is 1. The number of carboxylic acid groups (broad SMARTS) is 1. The number of carbonyl (C=O) groups is 6. The number of carbonyl (C=O) groups excluding carboxylic acids is 5. The Labute approximate surface area is 359 Å². The molecular formula is C48H62N4O9. The summed E-state index contributed by atoms with van der Waals surface area (Å²) in [6, 6.07) is 25.9. The molecule has 1 aliphatic carbocycles. The molecule has 3 amide bonds. The lowest BCUT2D eigenvalue weighted by Crippen LogP contribution is -2.66. The molecule has 1 aliphatic heterocycles. The zero-order valence-corrected chi connectivity index (χ0v) is 35.4. The topological polar surface area (TPSA) is 186 Å². The van der Waals surface area contributed by atoms with Crippen LogP contribution in [0, 0.1) is 11.8 Å². The number of esters is 1. The molecule has 328 valence electrons. The second kappa shape index (κ2) is 23.4. The number of aliphatic carboxylic acids is 1. The Balaban J connectivity index is 1.26. The van der Waals surface area contributed by atoms with Crippen LogP contribution in [0.2, 0.25) is 0 Å². The van der Waals surface area contributed by atoms with E-state index in [-0.39, 0.29) is 43.9 Å². The monoisotopic (exact) mass is 838 g/mol. The summed E-state index contributed by atoms with van der Waals surface area (Å²) in [5.74, 6) is -3.82. The lowest BCUT2D eigenvalue weighted by atomic mass is 9.78. The molecule has 0 bridgehead atoms. The molecular weight excluding hydrogens is 777 g/mol. The third-order valence-electron chi connectivity index (χ3n) is 12.1. The first kappa shape index (κ1) is 46.5. The highest BCUT2D eigenvalue weighted by Gasteiger charge is 2.51. The van der Waals surface area contributed by atoms with Crippen LogP contribution in [0.15, 0.2) is 91.0 Å². The largest absolute Gasteiger partial charge is 0.481 e. The number of ketones is 1. The highest BCUT2D eigenvalue weighted by molar-refractivity contribution is 6.14. The molecule has 1 saturated carbocycles. The zero-order valence-electron chi connectivity index (χ0n) is 35.4. The number of hydrogen-bond acceptors (Lipinski definition) is 9. The number of Topliss-reactive ketones (excluding diaryl/α,β-unsaturated/α-hetero) is 1. The number of rotatable bonds is 21. The summed E-state index contributed by atoms with van der Waals surface area (Å²) >= 11 is 0. The lowest BCUT2D eigenvalue weighted by molar-refractivity contribution is -0.163. The van der Waals surface area contributed by atoms with Gasteiger partial charge in [0.25, 0.3) is 0 Å². The number of likely N-dealkylation sites (N-methyl/N-ethyl adjacent to an activating group) is 1. The summed E-state index contributed by atoms with van der Waals surface area (Å²) in [5.41, 5.74) is 6.11. The van der Waals surface area contributed by atoms with Crippen molar-refractivity contribution in [2.75, 3.05) is 26.2 Å². The number of likely N-dealkylation sites (tertiary alicyclic amines) is 1. The smallest absolute Gasteiger partial charge is 0.410 e. The van der Waals surface area contributed by atoms with Gasteiger partial charge in [0.15, 0.2) is 17.4 Å². The minimum absolute atomic E-state index is 0.145. The molecule has 0 spiro atoms. The van der Waals surface area contributed by atoms with E-state index in [4.69, 9.17) is 15.2 Å². The van der Waals surface area contributed by atoms with E-state index in [0.717, 1.165) is 56.9 Å². The quantitative estimate of drug-likeness (QED) is 0.0747. The Kier molecular flexibility index (Phi) is 17.9. The molecule has 3 aromatic rings. The summed E-state index contributed by atoms with van der Waals surface area (Å²) in [5, 5.41) is 12.4. The van der Waals surface area contributed by atoms with Crippen molar-refractivity contribution in [3.05, 3.63) is 108 Å². The van der Waals surface area contributed by atoms with Crippen LogP contribution < -0.4 is 11.1 Å². The normalized spacial score (nSPS) is 16.2. The first-order valence-corrected chi connectivity index (χ1v) is 21.9. The van der Waals surface area contributed by atoms with Gasteiger partial charge in [-0.05, 0) is 74.0 Å². The van der Waals surface area contributed by atoms with E-state index in [1.807, 2.05) is 42.5 Å². The molecule has 4 N–H and O–H groups in total. The number of nitrogens with two attached hydrogens (primary N) is 1. The highest BCUT2D eigenvalue weighted by Crippen LogP contribution is 2.34. The standard InChI is InChI=1S/C48H62N4O9/c1-2-51(42(54)25-15-20-36-27-30-52(31-28-36)47(59)60-34-37-18-9-4-10-19-37)33-41(53)50-48(45(57)40(49)32-43(55)56,29-26-35-16-7-3-8-17-35)46(58)61-44(38-21-11-5-12-22-38)39-23-13-6-14-24-39/h4-6,9-14,18-19,21-24,35-36,40,44H,2-3,7-8,15-17,20,25-34,49H2,1H3,(H,50,53)(H,55,56)/t40-,48?/m0/s1. The highest BCUT2D eigenvalue weighted by atomic mass is 16.6. The van der Waals surface area contributed by atoms with Crippen molar-refractivity contribution >= 4 is 35.6 Å². The van der Waals surface area contributed by atoms with Crippen LogP contribution in [0.25, 0.3) is 0 Å². The lowest BCUT2D eigenvalue weighted by Gasteiger charge is -2.36. The van der Waals surface area contributed by atoms with Gasteiger partial charge in [0.2, 0.25) is 11.8 Å². The van der Waals surface area contributed by atoms with Crippen molar-refractivity contribution < 1.29 is 43.3 Å². The SMILES string of the molecule is CCN(CC(=O)NC(CCC1CCCCC1)(C(=O)OC(c1ccccc1)c1ccccc1)C(=O)[C@@H](N)CC(=O)O)C(=O)CCCC1CCN(C(=O)OCc2ccccc2)CC1. The molecule has 0 radical (unpaired) electrons. The molecule has 61 heavy (non-hydrogen) atoms. The maximum atomic E-state index is 14.8. The average molecular weight is 839 g/mol. The Hall–Kier alpha value is -5.56. The Bertz CT molecular complexity index is 1840. The third kappa shape index (κ3) is 13.7. The molecule has 1 saturated heterocycles. The van der Waals surface area contributed by atoms with E-state index >= 15 is 0 Å². The van der Waals surface area contributed by atoms with E-state index in [2.05, 4.69) is 5.32 Å². The number of hydrogen-bond donors (Lipinski definition) is 3. The zero-order chi connectivity index (χ0) is 43.6. The van der Waals surface area contributed by atoms with Gasteiger partial charge < -0.3 is 35.4 Å². The Morgan fingerprint density at radius 1 is 0.820 bits per heavy atom. The van der Waals surface area contributed by atoms with E-state index in [9.17, 15) is 33.9 Å². The van der Waals surface area contributed by atoms with Crippen molar-refractivity contribution in [3.63, 3.8) is 0 Å². The van der Waals surface area contributed by atoms with E-state index < -0.39 is 54.3 Å². The summed E-state index contributed by atoms with van der Waals surface area (Å²) < 4.78 is 11.8. The van der Waals surface area contributed by atoms with Crippen LogP contribution >= 0.6 is 0 Å². The number of benzene rings is 3. The molecule has 5 rings (SSSR count). The summed E-state index contributed by atoms with van der Waals surface area (Å²) in [6.45, 7) is 2.89. The van der Waals surface area contributed by atoms with Gasteiger partial charge in [-0.3, -0.25) is 19.2 Å². The fourth-order valence-electron chi connectivity index (χ4n) is 8.53. The number of ether oxygens (including phenoxy) is 2. The molecule has 2 atom stereocenters. The minimum Gasteiger partial charge on any atom is -0.481 e. The third-order valence-corrected chi connectivity index (χ3v) is 12.1. The van der Waals surface area contributed by atoms with Gasteiger partial charge in [-0.1, -0.05) is 123 Å². The fraction of sp³-hybridized carbons (Fsp3) is 0.500. The van der Waals surface area contributed by atoms with Crippen LogP contribution in [-0.4, -0.2) is 88.3 Å². The number of amides is 3. The van der Waals surface area contributed by atoms with Crippen molar-refractivity contribution in [1.29, 1.82) is 0 Å². The molecule has 3 aromatic carbocycles. The van der Waals surface area contributed by atoms with Gasteiger partial charge in [-0.15, -0.1) is 0 Å². The van der Waals surface area contributed by atoms with Gasteiger partial charge >= 0.3 is 18.0 Å². The van der Waals surface area contributed by atoms with Gasteiger partial charge in [0.05, 0.1) is 19.0 Å². The fourth-order valence-corrected chi connectivity index (χ4v) is 8.53. The maximum Gasteiger partial charge on any atom is 0.410 e. The molecule has 13 heteroatoms. The van der Waals surface area contributed by atoms with Gasteiger partial charge in [0, 0.05) is 26.1 Å². The second-order valence-electron chi connectivity index (χ2n) is 16.4. The van der Waals surface area contributed by atoms with Crippen LogP contribution in [0.1, 0.15) is 113 Å². The van der Waals surface area contributed by atoms with Gasteiger partial charge in [0.1, 0.15) is 6.61 Å². The molecule has 2 aliphatic rings. The van der Waals surface area contributed by atoms with Crippen LogP contribution in [-0.2, 0) is 40.1 Å². The minimum atomic E-state index is -2.32. The van der Waals surface area contributed by atoms with Crippen LogP contribution in [0.5, 0.6) is 0 Å². The van der Waals surface area contributed by atoms with E-state index in [1.54, 1.807) is 60.4 Å². The van der Waals surface area contributed by atoms with Crippen molar-refractivity contribution in [2.24, 2.45) is 17.6 Å². The first-order chi connectivity index (χ1) is 29.5. The second-order valence-corrected chi connectivity index (χ2v) is 16.4. The first-order valence-electron chi connectivity index (χ1n) is 21.9. The van der Waals surface area contributed by atoms with Crippen molar-refractivity contribution in [1.82, 2.24) is 15.1 Å². The predicted octanol–water partition coefficient (Wildman–Crippen LogP) is 6.97. The van der Waals surface area contributed by atoms with Crippen LogP contribution in [0.3, 0.4) is 0 Å². The summed E-state index contributed by atoms with van der Waals surface area (Å²) in [6.07, 6.45) is 6.21. The molecule has 1 unspecified atom stereocenters. The van der Waals surface area contributed by atoms with Gasteiger partial charge in [-0.2, -0.15) is 0 Å². The van der Waals surface area contributed by atoms with Crippen LogP contribution in [0.4, 0.5) is 4.79 Å². The van der Waals surface area contributed by atoms with Crippen molar-refractivity contribution in [3.8, 4) is 0 Å². The molecule has 0 aromatic heterocycles. The Morgan fingerprint density at radius 2 is 1.39 bits per heavy atom. The van der Waals surface area contributed by atoms with E-state index in [1.165, 1.54) is 4.90 Å². The molecule has 1 heterocycles. The number of nitrogens with one attached hydrogen (secondary N) is 1. The van der Waals surface area contributed by atoms with Crippen molar-refractivity contribution in [2.45, 2.75) is 115 Å². The summed E-state index contributed by atoms with van der Waals surface area (Å²) in [4.78, 5) is 84.6.